The van der Waals surface area contributed by atoms with Crippen LogP contribution in [0.15, 0.2) is 48.5 Å². The van der Waals surface area contributed by atoms with Crippen LogP contribution in [0.5, 0.6) is 0 Å². The maximum absolute atomic E-state index is 11.3. The van der Waals surface area contributed by atoms with Crippen LogP contribution in [0.4, 0.5) is 0 Å². The molecule has 23 heavy (non-hydrogen) atoms. The summed E-state index contributed by atoms with van der Waals surface area (Å²) in [6.45, 7) is -0.174. The van der Waals surface area contributed by atoms with Crippen molar-refractivity contribution in [1.82, 2.24) is 0 Å². The van der Waals surface area contributed by atoms with Crippen LogP contribution in [-0.4, -0.2) is 29.5 Å². The van der Waals surface area contributed by atoms with Crippen molar-refractivity contribution in [2.24, 2.45) is 0 Å². The second kappa shape index (κ2) is 10.4. The molecule has 0 saturated carbocycles. The topological polar surface area (TPSA) is 54.4 Å². The van der Waals surface area contributed by atoms with E-state index in [1.807, 2.05) is 36.4 Å². The average Bonchev–Trinajstić information content (AvgIpc) is 2.58. The van der Waals surface area contributed by atoms with Gasteiger partial charge in [0.25, 0.3) is 0 Å². The minimum atomic E-state index is -0.495. The van der Waals surface area contributed by atoms with Crippen LogP contribution < -0.4 is 0 Å². The van der Waals surface area contributed by atoms with E-state index in [4.69, 9.17) is 28.3 Å². The predicted octanol–water partition coefficient (Wildman–Crippen LogP) is 3.80. The summed E-state index contributed by atoms with van der Waals surface area (Å²) in [4.78, 5) is 20.8. The number of benzene rings is 2. The fourth-order valence-electron chi connectivity index (χ4n) is 1.81. The molecule has 6 heteroatoms. The summed E-state index contributed by atoms with van der Waals surface area (Å²) >= 11 is 15.8. The van der Waals surface area contributed by atoms with Gasteiger partial charge < -0.3 is 14.7 Å². The van der Waals surface area contributed by atoms with Gasteiger partial charge in [-0.2, -0.15) is 12.6 Å². The van der Waals surface area contributed by atoms with Crippen molar-refractivity contribution >= 4 is 48.4 Å². The number of halogens is 2. The van der Waals surface area contributed by atoms with Crippen molar-refractivity contribution in [3.05, 3.63) is 69.7 Å². The van der Waals surface area contributed by atoms with Gasteiger partial charge >= 0.3 is 0 Å². The van der Waals surface area contributed by atoms with Gasteiger partial charge in [-0.25, -0.2) is 0 Å². The second-order valence-corrected chi connectivity index (χ2v) is 6.02. The number of thiol groups is 1. The lowest BCUT2D eigenvalue weighted by atomic mass is 9.92. The molecular weight excluding hydrogens is 355 g/mol. The minimum absolute atomic E-state index is 0.174. The zero-order valence-electron chi connectivity index (χ0n) is 12.1. The van der Waals surface area contributed by atoms with Crippen molar-refractivity contribution < 1.29 is 14.7 Å². The number of aldehydes is 2. The molecule has 2 rings (SSSR count). The van der Waals surface area contributed by atoms with Crippen molar-refractivity contribution in [2.75, 3.05) is 6.61 Å². The quantitative estimate of drug-likeness (QED) is 0.621. The lowest BCUT2D eigenvalue weighted by Gasteiger charge is -2.14. The molecule has 0 aliphatic heterocycles. The number of hydrogen-bond acceptors (Lipinski definition) is 4. The largest absolute Gasteiger partial charge is 0.395 e. The molecule has 0 spiro atoms. The van der Waals surface area contributed by atoms with E-state index in [-0.39, 0.29) is 6.61 Å². The molecule has 0 radical (unpaired) electrons. The van der Waals surface area contributed by atoms with E-state index in [2.05, 4.69) is 12.6 Å². The van der Waals surface area contributed by atoms with Gasteiger partial charge in [0.1, 0.15) is 12.6 Å². The molecule has 2 aromatic rings. The summed E-state index contributed by atoms with van der Waals surface area (Å²) in [6.07, 6.45) is 1.45. The highest BCUT2D eigenvalue weighted by molar-refractivity contribution is 7.81. The standard InChI is InChI=1S/C14H10Cl2O.C3H6O2S/c15-13-7-3-1-5-10(13)12(9-17)11-6-2-4-8-14(11)16;4-1-3(6)2-5/h1-9,12H;1,3,5-6H,2H2. The fraction of sp³-hybridized carbons (Fsp3) is 0.176. The molecule has 0 heterocycles. The summed E-state index contributed by atoms with van der Waals surface area (Å²) in [5, 5.41) is 8.68. The highest BCUT2D eigenvalue weighted by atomic mass is 35.5. The molecule has 2 aromatic carbocycles. The van der Waals surface area contributed by atoms with Gasteiger partial charge in [0.2, 0.25) is 0 Å². The van der Waals surface area contributed by atoms with Crippen LogP contribution in [0.1, 0.15) is 17.0 Å². The van der Waals surface area contributed by atoms with E-state index in [0.29, 0.717) is 16.3 Å². The van der Waals surface area contributed by atoms with Crippen LogP contribution in [0.25, 0.3) is 0 Å². The Hall–Kier alpha value is -1.33. The van der Waals surface area contributed by atoms with Crippen LogP contribution in [-0.2, 0) is 9.59 Å². The number of rotatable bonds is 5. The van der Waals surface area contributed by atoms with Gasteiger partial charge in [0.15, 0.2) is 0 Å². The van der Waals surface area contributed by atoms with Gasteiger partial charge in [-0.1, -0.05) is 59.6 Å². The average molecular weight is 371 g/mol. The zero-order chi connectivity index (χ0) is 17.2. The number of aliphatic hydroxyl groups is 1. The Balaban J connectivity index is 0.000000379. The highest BCUT2D eigenvalue weighted by Gasteiger charge is 2.18. The Morgan fingerprint density at radius 1 is 0.913 bits per heavy atom. The molecule has 0 aromatic heterocycles. The number of carbonyl (C=O) groups excluding carboxylic acids is 2. The summed E-state index contributed by atoms with van der Waals surface area (Å²) in [7, 11) is 0. The summed E-state index contributed by atoms with van der Waals surface area (Å²) < 4.78 is 0. The van der Waals surface area contributed by atoms with Crippen LogP contribution in [0.3, 0.4) is 0 Å². The SMILES string of the molecule is O=CC(S)CO.O=CC(c1ccccc1Cl)c1ccccc1Cl. The van der Waals surface area contributed by atoms with Gasteiger partial charge in [-0.15, -0.1) is 0 Å². The minimum Gasteiger partial charge on any atom is -0.395 e. The lowest BCUT2D eigenvalue weighted by molar-refractivity contribution is -0.108. The number of carbonyl (C=O) groups is 2. The molecule has 0 bridgehead atoms. The fourth-order valence-corrected chi connectivity index (χ4v) is 2.32. The molecule has 0 amide bonds. The lowest BCUT2D eigenvalue weighted by Crippen LogP contribution is -2.04. The van der Waals surface area contributed by atoms with Crippen LogP contribution >= 0.6 is 35.8 Å². The van der Waals surface area contributed by atoms with E-state index in [0.717, 1.165) is 17.4 Å². The first-order valence-electron chi connectivity index (χ1n) is 6.73. The van der Waals surface area contributed by atoms with Gasteiger partial charge in [-0.3, -0.25) is 0 Å². The molecule has 1 N–H and O–H groups in total. The molecule has 1 unspecified atom stereocenters. The number of hydrogen-bond donors (Lipinski definition) is 2. The molecule has 0 aliphatic rings. The van der Waals surface area contributed by atoms with Crippen molar-refractivity contribution in [1.29, 1.82) is 0 Å². The third kappa shape index (κ3) is 5.99. The normalized spacial score (nSPS) is 11.3. The van der Waals surface area contributed by atoms with E-state index in [1.165, 1.54) is 0 Å². The third-order valence-electron chi connectivity index (χ3n) is 2.96. The van der Waals surface area contributed by atoms with Gasteiger partial charge in [0.05, 0.1) is 17.8 Å². The molecule has 0 saturated heterocycles. The molecular formula is C17H16Cl2O3S. The monoisotopic (exact) mass is 370 g/mol. The van der Waals surface area contributed by atoms with Crippen molar-refractivity contribution in [3.63, 3.8) is 0 Å². The zero-order valence-corrected chi connectivity index (χ0v) is 14.5. The Morgan fingerprint density at radius 2 is 1.35 bits per heavy atom. The first-order valence-corrected chi connectivity index (χ1v) is 8.00. The Bertz CT molecular complexity index is 604. The predicted molar refractivity (Wildman–Crippen MR) is 96.7 cm³/mol. The number of aliphatic hydroxyl groups excluding tert-OH is 1. The summed E-state index contributed by atoms with van der Waals surface area (Å²) in [5.74, 6) is -0.419. The first-order chi connectivity index (χ1) is 11.0. The Kier molecular flexibility index (Phi) is 8.95. The highest BCUT2D eigenvalue weighted by Crippen LogP contribution is 2.32. The van der Waals surface area contributed by atoms with Gasteiger partial charge in [-0.05, 0) is 23.3 Å². The molecule has 3 nitrogen and oxygen atoms in total. The molecule has 122 valence electrons. The molecule has 0 fully saturated rings. The Morgan fingerprint density at radius 3 is 1.61 bits per heavy atom. The summed E-state index contributed by atoms with van der Waals surface area (Å²) in [6, 6.07) is 14.6. The maximum atomic E-state index is 11.3. The van der Waals surface area contributed by atoms with E-state index in [1.54, 1.807) is 12.1 Å². The van der Waals surface area contributed by atoms with E-state index in [9.17, 15) is 9.59 Å². The Labute approximate surface area is 150 Å². The smallest absolute Gasteiger partial charge is 0.135 e. The van der Waals surface area contributed by atoms with Crippen LogP contribution in [0.2, 0.25) is 10.0 Å². The van der Waals surface area contributed by atoms with Crippen molar-refractivity contribution in [3.8, 4) is 0 Å². The molecule has 0 aliphatic carbocycles. The first kappa shape index (κ1) is 19.7. The maximum Gasteiger partial charge on any atom is 0.135 e. The van der Waals surface area contributed by atoms with Crippen LogP contribution in [0, 0.1) is 0 Å². The molecule has 1 atom stereocenters. The van der Waals surface area contributed by atoms with Gasteiger partial charge in [0, 0.05) is 10.0 Å². The summed E-state index contributed by atoms with van der Waals surface area (Å²) in [5.41, 5.74) is 1.55. The second-order valence-electron chi connectivity index (χ2n) is 4.54. The van der Waals surface area contributed by atoms with Crippen molar-refractivity contribution in [2.45, 2.75) is 11.2 Å². The van der Waals surface area contributed by atoms with E-state index >= 15 is 0 Å². The van der Waals surface area contributed by atoms with E-state index < -0.39 is 11.2 Å². The third-order valence-corrected chi connectivity index (χ3v) is 3.93.